The molecule has 1 atom stereocenters. The standard InChI is InChI=1S/C7H17N.C2H6/c1-5-6(8)7(2,3)4;1-2/h6H,5,8H2,1-4H3;1-2H3. The number of hydrogen-bond donors (Lipinski definition) is 1. The van der Waals surface area contributed by atoms with Crippen molar-refractivity contribution in [2.24, 2.45) is 11.1 Å². The average molecular weight is 145 g/mol. The molecular weight excluding hydrogens is 122 g/mol. The van der Waals surface area contributed by atoms with Gasteiger partial charge in [-0.3, -0.25) is 0 Å². The minimum atomic E-state index is 0.286. The van der Waals surface area contributed by atoms with Crippen LogP contribution in [-0.2, 0) is 0 Å². The number of hydrogen-bond acceptors (Lipinski definition) is 1. The topological polar surface area (TPSA) is 26.0 Å². The fraction of sp³-hybridized carbons (Fsp3) is 1.00. The Morgan fingerprint density at radius 2 is 1.50 bits per heavy atom. The molecular formula is C9H23N. The van der Waals surface area contributed by atoms with Crippen LogP contribution in [0.5, 0.6) is 0 Å². The summed E-state index contributed by atoms with van der Waals surface area (Å²) in [6.07, 6.45) is 1.07. The van der Waals surface area contributed by atoms with Gasteiger partial charge in [-0.05, 0) is 11.8 Å². The first-order valence-electron chi connectivity index (χ1n) is 4.24. The fourth-order valence-corrected chi connectivity index (χ4v) is 0.612. The van der Waals surface area contributed by atoms with Gasteiger partial charge in [0.05, 0.1) is 0 Å². The van der Waals surface area contributed by atoms with Crippen molar-refractivity contribution in [3.63, 3.8) is 0 Å². The van der Waals surface area contributed by atoms with E-state index in [9.17, 15) is 0 Å². The molecule has 2 N–H and O–H groups in total. The third-order valence-corrected chi connectivity index (χ3v) is 1.55. The highest BCUT2D eigenvalue weighted by Crippen LogP contribution is 2.18. The second-order valence-corrected chi connectivity index (χ2v) is 3.38. The maximum Gasteiger partial charge on any atom is 0.00850 e. The average Bonchev–Trinajstić information content (AvgIpc) is 1.89. The molecule has 0 aliphatic heterocycles. The Bertz CT molecular complexity index is 61.6. The van der Waals surface area contributed by atoms with E-state index in [0.717, 1.165) is 6.42 Å². The minimum Gasteiger partial charge on any atom is -0.327 e. The van der Waals surface area contributed by atoms with Crippen molar-refractivity contribution in [2.75, 3.05) is 0 Å². The van der Waals surface area contributed by atoms with E-state index in [1.807, 2.05) is 13.8 Å². The molecule has 0 amide bonds. The summed E-state index contributed by atoms with van der Waals surface area (Å²) in [4.78, 5) is 0. The van der Waals surface area contributed by atoms with Crippen molar-refractivity contribution >= 4 is 0 Å². The van der Waals surface area contributed by atoms with Gasteiger partial charge in [-0.15, -0.1) is 0 Å². The van der Waals surface area contributed by atoms with Gasteiger partial charge in [0.1, 0.15) is 0 Å². The monoisotopic (exact) mass is 145 g/mol. The Hall–Kier alpha value is -0.0400. The molecule has 1 nitrogen and oxygen atoms in total. The molecule has 0 bridgehead atoms. The lowest BCUT2D eigenvalue weighted by molar-refractivity contribution is 0.313. The van der Waals surface area contributed by atoms with Crippen LogP contribution in [0.2, 0.25) is 0 Å². The van der Waals surface area contributed by atoms with Crippen LogP contribution in [0.25, 0.3) is 0 Å². The normalized spacial score (nSPS) is 13.5. The molecule has 0 aliphatic rings. The molecule has 0 aromatic carbocycles. The first-order valence-corrected chi connectivity index (χ1v) is 4.24. The van der Waals surface area contributed by atoms with E-state index in [-0.39, 0.29) is 5.41 Å². The molecule has 0 saturated carbocycles. The van der Waals surface area contributed by atoms with Crippen LogP contribution in [0.3, 0.4) is 0 Å². The van der Waals surface area contributed by atoms with Gasteiger partial charge < -0.3 is 5.73 Å². The SMILES string of the molecule is CC.CCC(N)C(C)(C)C. The Labute approximate surface area is 66.0 Å². The summed E-state index contributed by atoms with van der Waals surface area (Å²) in [6.45, 7) is 12.6. The Morgan fingerprint density at radius 3 is 1.50 bits per heavy atom. The zero-order valence-corrected chi connectivity index (χ0v) is 8.36. The van der Waals surface area contributed by atoms with Gasteiger partial charge >= 0.3 is 0 Å². The molecule has 0 aliphatic carbocycles. The molecule has 0 aromatic heterocycles. The Morgan fingerprint density at radius 1 is 1.20 bits per heavy atom. The summed E-state index contributed by atoms with van der Waals surface area (Å²) in [5.41, 5.74) is 6.04. The van der Waals surface area contributed by atoms with Crippen LogP contribution >= 0.6 is 0 Å². The molecule has 1 unspecified atom stereocenters. The molecule has 0 saturated heterocycles. The Balaban J connectivity index is 0. The van der Waals surface area contributed by atoms with Gasteiger partial charge in [-0.1, -0.05) is 41.5 Å². The van der Waals surface area contributed by atoms with Crippen molar-refractivity contribution in [2.45, 2.75) is 54.0 Å². The molecule has 0 spiro atoms. The van der Waals surface area contributed by atoms with Crippen molar-refractivity contribution in [1.29, 1.82) is 0 Å². The first-order chi connectivity index (χ1) is 4.48. The summed E-state index contributed by atoms with van der Waals surface area (Å²) in [5, 5.41) is 0. The minimum absolute atomic E-state index is 0.286. The summed E-state index contributed by atoms with van der Waals surface area (Å²) in [7, 11) is 0. The van der Waals surface area contributed by atoms with E-state index in [0.29, 0.717) is 6.04 Å². The van der Waals surface area contributed by atoms with Gasteiger partial charge in [-0.25, -0.2) is 0 Å². The number of nitrogens with two attached hydrogens (primary N) is 1. The molecule has 0 fully saturated rings. The molecule has 0 aromatic rings. The molecule has 1 heteroatoms. The quantitative estimate of drug-likeness (QED) is 0.603. The molecule has 10 heavy (non-hydrogen) atoms. The van der Waals surface area contributed by atoms with E-state index in [4.69, 9.17) is 5.73 Å². The zero-order valence-electron chi connectivity index (χ0n) is 8.36. The second-order valence-electron chi connectivity index (χ2n) is 3.38. The van der Waals surface area contributed by atoms with E-state index < -0.39 is 0 Å². The van der Waals surface area contributed by atoms with Gasteiger partial charge in [0.15, 0.2) is 0 Å². The molecule has 0 heterocycles. The predicted molar refractivity (Wildman–Crippen MR) is 49.1 cm³/mol. The van der Waals surface area contributed by atoms with Crippen LogP contribution in [-0.4, -0.2) is 6.04 Å². The van der Waals surface area contributed by atoms with E-state index in [2.05, 4.69) is 27.7 Å². The maximum atomic E-state index is 5.75. The lowest BCUT2D eigenvalue weighted by Gasteiger charge is -2.25. The van der Waals surface area contributed by atoms with Gasteiger partial charge in [-0.2, -0.15) is 0 Å². The lowest BCUT2D eigenvalue weighted by Crippen LogP contribution is -2.33. The lowest BCUT2D eigenvalue weighted by atomic mass is 9.86. The van der Waals surface area contributed by atoms with Crippen LogP contribution in [0.15, 0.2) is 0 Å². The highest BCUT2D eigenvalue weighted by Gasteiger charge is 2.17. The number of rotatable bonds is 1. The zero-order chi connectivity index (χ0) is 8.78. The Kier molecular flexibility index (Phi) is 7.22. The van der Waals surface area contributed by atoms with Crippen molar-refractivity contribution in [3.05, 3.63) is 0 Å². The van der Waals surface area contributed by atoms with Crippen LogP contribution in [0.4, 0.5) is 0 Å². The van der Waals surface area contributed by atoms with Gasteiger partial charge in [0.2, 0.25) is 0 Å². The van der Waals surface area contributed by atoms with Gasteiger partial charge in [0.25, 0.3) is 0 Å². The van der Waals surface area contributed by atoms with Crippen molar-refractivity contribution in [3.8, 4) is 0 Å². The predicted octanol–water partition coefficient (Wildman–Crippen LogP) is 2.80. The third-order valence-electron chi connectivity index (χ3n) is 1.55. The summed E-state index contributed by atoms with van der Waals surface area (Å²) in [5.74, 6) is 0. The third kappa shape index (κ3) is 6.09. The van der Waals surface area contributed by atoms with Gasteiger partial charge in [0, 0.05) is 6.04 Å². The van der Waals surface area contributed by atoms with E-state index >= 15 is 0 Å². The highest BCUT2D eigenvalue weighted by molar-refractivity contribution is 4.74. The maximum absolute atomic E-state index is 5.75. The second kappa shape index (κ2) is 5.72. The molecule has 0 rings (SSSR count). The van der Waals surface area contributed by atoms with Crippen LogP contribution < -0.4 is 5.73 Å². The van der Waals surface area contributed by atoms with Crippen molar-refractivity contribution in [1.82, 2.24) is 0 Å². The highest BCUT2D eigenvalue weighted by atomic mass is 14.7. The van der Waals surface area contributed by atoms with E-state index in [1.165, 1.54) is 0 Å². The molecule has 0 radical (unpaired) electrons. The summed E-state index contributed by atoms with van der Waals surface area (Å²) in [6, 6.07) is 0.350. The summed E-state index contributed by atoms with van der Waals surface area (Å²) < 4.78 is 0. The van der Waals surface area contributed by atoms with Crippen LogP contribution in [0, 0.1) is 5.41 Å². The van der Waals surface area contributed by atoms with Crippen LogP contribution in [0.1, 0.15) is 48.0 Å². The van der Waals surface area contributed by atoms with Crippen molar-refractivity contribution < 1.29 is 0 Å². The smallest absolute Gasteiger partial charge is 0.00850 e. The molecule has 64 valence electrons. The summed E-state index contributed by atoms with van der Waals surface area (Å²) >= 11 is 0. The first kappa shape index (κ1) is 12.6. The van der Waals surface area contributed by atoms with E-state index in [1.54, 1.807) is 0 Å². The fourth-order valence-electron chi connectivity index (χ4n) is 0.612. The largest absolute Gasteiger partial charge is 0.327 e.